The first-order valence-corrected chi connectivity index (χ1v) is 4.99. The van der Waals surface area contributed by atoms with Crippen molar-refractivity contribution in [2.75, 3.05) is 32.8 Å². The monoisotopic (exact) mass is 184 g/mol. The molecule has 0 amide bonds. The van der Waals surface area contributed by atoms with Gasteiger partial charge in [-0.1, -0.05) is 0 Å². The quantitative estimate of drug-likeness (QED) is 0.563. The third-order valence-corrected chi connectivity index (χ3v) is 2.73. The minimum absolute atomic E-state index is 0.0202. The van der Waals surface area contributed by atoms with E-state index >= 15 is 0 Å². The largest absolute Gasteiger partial charge is 0.465 e. The number of ether oxygens (including phenoxy) is 1. The van der Waals surface area contributed by atoms with Crippen molar-refractivity contribution >= 4 is 5.97 Å². The van der Waals surface area contributed by atoms with E-state index in [9.17, 15) is 4.79 Å². The maximum Gasteiger partial charge on any atom is 0.323 e. The average molecular weight is 184 g/mol. The Labute approximate surface area is 78.2 Å². The van der Waals surface area contributed by atoms with Gasteiger partial charge in [0, 0.05) is 26.2 Å². The molecule has 0 aromatic rings. The van der Waals surface area contributed by atoms with Gasteiger partial charge in [0.2, 0.25) is 0 Å². The van der Waals surface area contributed by atoms with Crippen LogP contribution in [0.4, 0.5) is 0 Å². The molecular weight excluding hydrogens is 168 g/mol. The highest BCUT2D eigenvalue weighted by molar-refractivity contribution is 5.76. The van der Waals surface area contributed by atoms with Gasteiger partial charge in [0.15, 0.2) is 0 Å². The van der Waals surface area contributed by atoms with Crippen LogP contribution in [-0.2, 0) is 9.53 Å². The molecule has 0 aromatic carbocycles. The highest BCUT2D eigenvalue weighted by Gasteiger charge is 2.30. The Hall–Kier alpha value is -0.610. The summed E-state index contributed by atoms with van der Waals surface area (Å²) in [5.74, 6) is -0.0202. The van der Waals surface area contributed by atoms with Crippen LogP contribution < -0.4 is 5.32 Å². The standard InChI is InChI=1S/C9H16N2O2/c12-9-8(2-1-7-13-9)11-5-3-10-4-6-11/h8,10H,1-7H2/t8-/m1/s1. The van der Waals surface area contributed by atoms with E-state index in [1.54, 1.807) is 0 Å². The van der Waals surface area contributed by atoms with Crippen LogP contribution in [0.1, 0.15) is 12.8 Å². The van der Waals surface area contributed by atoms with Crippen LogP contribution in [0.25, 0.3) is 0 Å². The van der Waals surface area contributed by atoms with Gasteiger partial charge in [-0.05, 0) is 12.8 Å². The predicted octanol–water partition coefficient (Wildman–Crippen LogP) is -0.403. The Bertz CT molecular complexity index is 190. The van der Waals surface area contributed by atoms with E-state index in [1.165, 1.54) is 0 Å². The Kier molecular flexibility index (Phi) is 2.80. The summed E-state index contributed by atoms with van der Waals surface area (Å²) in [6.07, 6.45) is 1.99. The van der Waals surface area contributed by atoms with Crippen molar-refractivity contribution in [2.45, 2.75) is 18.9 Å². The van der Waals surface area contributed by atoms with Crippen molar-refractivity contribution in [1.29, 1.82) is 0 Å². The predicted molar refractivity (Wildman–Crippen MR) is 48.4 cm³/mol. The molecule has 0 radical (unpaired) electrons. The summed E-state index contributed by atoms with van der Waals surface area (Å²) in [5, 5.41) is 3.27. The van der Waals surface area contributed by atoms with Crippen LogP contribution in [0.15, 0.2) is 0 Å². The molecule has 4 heteroatoms. The van der Waals surface area contributed by atoms with Crippen molar-refractivity contribution in [2.24, 2.45) is 0 Å². The summed E-state index contributed by atoms with van der Waals surface area (Å²) in [6, 6.07) is 0.0378. The first-order valence-electron chi connectivity index (χ1n) is 4.99. The number of carbonyl (C=O) groups excluding carboxylic acids is 1. The lowest BCUT2D eigenvalue weighted by atomic mass is 10.1. The minimum atomic E-state index is -0.0202. The summed E-state index contributed by atoms with van der Waals surface area (Å²) in [4.78, 5) is 13.6. The molecular formula is C9H16N2O2. The fourth-order valence-corrected chi connectivity index (χ4v) is 1.99. The van der Waals surface area contributed by atoms with E-state index in [0.717, 1.165) is 39.0 Å². The molecule has 0 aromatic heterocycles. The second-order valence-electron chi connectivity index (χ2n) is 3.61. The van der Waals surface area contributed by atoms with Crippen LogP contribution >= 0.6 is 0 Å². The van der Waals surface area contributed by atoms with Crippen LogP contribution in [0, 0.1) is 0 Å². The van der Waals surface area contributed by atoms with Gasteiger partial charge in [0.1, 0.15) is 6.04 Å². The number of carbonyl (C=O) groups is 1. The molecule has 0 spiro atoms. The van der Waals surface area contributed by atoms with E-state index in [4.69, 9.17) is 4.74 Å². The molecule has 0 saturated carbocycles. The first-order chi connectivity index (χ1) is 6.38. The number of piperazine rings is 1. The topological polar surface area (TPSA) is 41.6 Å². The van der Waals surface area contributed by atoms with E-state index in [1.807, 2.05) is 0 Å². The Balaban J connectivity index is 1.92. The number of hydrogen-bond acceptors (Lipinski definition) is 4. The van der Waals surface area contributed by atoms with Gasteiger partial charge < -0.3 is 10.1 Å². The second-order valence-corrected chi connectivity index (χ2v) is 3.61. The van der Waals surface area contributed by atoms with Crippen LogP contribution in [0.5, 0.6) is 0 Å². The molecule has 1 atom stereocenters. The highest BCUT2D eigenvalue weighted by atomic mass is 16.5. The molecule has 0 aliphatic carbocycles. The lowest BCUT2D eigenvalue weighted by Crippen LogP contribution is -2.52. The molecule has 13 heavy (non-hydrogen) atoms. The lowest BCUT2D eigenvalue weighted by Gasteiger charge is -2.35. The Morgan fingerprint density at radius 1 is 1.38 bits per heavy atom. The average Bonchev–Trinajstić information content (AvgIpc) is 2.20. The van der Waals surface area contributed by atoms with Gasteiger partial charge in [0.05, 0.1) is 6.61 Å². The van der Waals surface area contributed by atoms with E-state index in [0.29, 0.717) is 6.61 Å². The molecule has 1 N–H and O–H groups in total. The Morgan fingerprint density at radius 2 is 2.15 bits per heavy atom. The number of rotatable bonds is 1. The normalized spacial score (nSPS) is 31.4. The van der Waals surface area contributed by atoms with Gasteiger partial charge in [0.25, 0.3) is 0 Å². The zero-order valence-electron chi connectivity index (χ0n) is 7.79. The van der Waals surface area contributed by atoms with Crippen molar-refractivity contribution in [3.05, 3.63) is 0 Å². The number of esters is 1. The van der Waals surface area contributed by atoms with Crippen molar-refractivity contribution in [1.82, 2.24) is 10.2 Å². The van der Waals surface area contributed by atoms with Crippen molar-refractivity contribution in [3.63, 3.8) is 0 Å². The number of nitrogens with zero attached hydrogens (tertiary/aromatic N) is 1. The number of hydrogen-bond donors (Lipinski definition) is 1. The minimum Gasteiger partial charge on any atom is -0.465 e. The molecule has 0 unspecified atom stereocenters. The van der Waals surface area contributed by atoms with Crippen molar-refractivity contribution < 1.29 is 9.53 Å². The number of cyclic esters (lactones) is 1. The van der Waals surface area contributed by atoms with Crippen LogP contribution in [0.3, 0.4) is 0 Å². The molecule has 0 bridgehead atoms. The SMILES string of the molecule is O=C1OCCC[C@H]1N1CCNCC1. The molecule has 2 heterocycles. The van der Waals surface area contributed by atoms with Gasteiger partial charge in [-0.25, -0.2) is 0 Å². The fourth-order valence-electron chi connectivity index (χ4n) is 1.99. The van der Waals surface area contributed by atoms with Gasteiger partial charge >= 0.3 is 5.97 Å². The summed E-state index contributed by atoms with van der Waals surface area (Å²) in [5.41, 5.74) is 0. The summed E-state index contributed by atoms with van der Waals surface area (Å²) < 4.78 is 5.04. The maximum atomic E-state index is 11.4. The van der Waals surface area contributed by atoms with E-state index in [-0.39, 0.29) is 12.0 Å². The molecule has 74 valence electrons. The third kappa shape index (κ3) is 2.00. The molecule has 2 saturated heterocycles. The lowest BCUT2D eigenvalue weighted by molar-refractivity contribution is -0.155. The molecule has 4 nitrogen and oxygen atoms in total. The zero-order valence-corrected chi connectivity index (χ0v) is 7.79. The maximum absolute atomic E-state index is 11.4. The van der Waals surface area contributed by atoms with Gasteiger partial charge in [-0.2, -0.15) is 0 Å². The third-order valence-electron chi connectivity index (χ3n) is 2.73. The van der Waals surface area contributed by atoms with Crippen LogP contribution in [-0.4, -0.2) is 49.7 Å². The molecule has 2 aliphatic heterocycles. The zero-order chi connectivity index (χ0) is 9.10. The molecule has 2 rings (SSSR count). The molecule has 2 aliphatic rings. The van der Waals surface area contributed by atoms with Crippen LogP contribution in [0.2, 0.25) is 0 Å². The van der Waals surface area contributed by atoms with E-state index < -0.39 is 0 Å². The molecule has 2 fully saturated rings. The smallest absolute Gasteiger partial charge is 0.323 e. The fraction of sp³-hybridized carbons (Fsp3) is 0.889. The van der Waals surface area contributed by atoms with Gasteiger partial charge in [-0.15, -0.1) is 0 Å². The van der Waals surface area contributed by atoms with E-state index in [2.05, 4.69) is 10.2 Å². The van der Waals surface area contributed by atoms with Crippen molar-refractivity contribution in [3.8, 4) is 0 Å². The summed E-state index contributed by atoms with van der Waals surface area (Å²) >= 11 is 0. The second kappa shape index (κ2) is 4.07. The number of nitrogens with one attached hydrogen (secondary N) is 1. The summed E-state index contributed by atoms with van der Waals surface area (Å²) in [7, 11) is 0. The first kappa shape index (κ1) is 8.97. The van der Waals surface area contributed by atoms with Gasteiger partial charge in [-0.3, -0.25) is 9.69 Å². The highest BCUT2D eigenvalue weighted by Crippen LogP contribution is 2.14. The Morgan fingerprint density at radius 3 is 2.85 bits per heavy atom. The summed E-state index contributed by atoms with van der Waals surface area (Å²) in [6.45, 7) is 4.54.